The third-order valence-corrected chi connectivity index (χ3v) is 8.76. The number of benzene rings is 4. The van der Waals surface area contributed by atoms with Crippen LogP contribution < -0.4 is 10.9 Å². The minimum atomic E-state index is -0.397. The van der Waals surface area contributed by atoms with Crippen molar-refractivity contribution in [2.75, 3.05) is 0 Å². The first-order valence-corrected chi connectivity index (χ1v) is 15.1. The molecule has 4 rings (SSSR count). The van der Waals surface area contributed by atoms with E-state index in [2.05, 4.69) is 21.1 Å². The van der Waals surface area contributed by atoms with E-state index in [0.29, 0.717) is 52.1 Å². The fraction of sp³-hybridized carbons (Fsp3) is 0. The number of nitrogens with one attached hydrogen (secondary N) is 2. The van der Waals surface area contributed by atoms with Gasteiger partial charge in [0.15, 0.2) is 0 Å². The van der Waals surface area contributed by atoms with E-state index in [-0.39, 0.29) is 0 Å². The molecule has 4 aromatic carbocycles. The first kappa shape index (κ1) is 30.0. The van der Waals surface area contributed by atoms with Crippen molar-refractivity contribution in [2.24, 2.45) is 10.2 Å². The Morgan fingerprint density at radius 2 is 1.00 bits per heavy atom. The number of halogens is 4. The molecule has 6 nitrogen and oxygen atoms in total. The smallest absolute Gasteiger partial charge is 0.267 e. The Hall–Kier alpha value is -2.98. The monoisotopic (exact) mass is 646 g/mol. The molecule has 0 aromatic heterocycles. The molecule has 0 fully saturated rings. The van der Waals surface area contributed by atoms with Gasteiger partial charge < -0.3 is 0 Å². The van der Waals surface area contributed by atoms with E-state index in [9.17, 15) is 9.59 Å². The van der Waals surface area contributed by atoms with E-state index in [1.54, 1.807) is 60.7 Å². The lowest BCUT2D eigenvalue weighted by Crippen LogP contribution is -2.18. The second-order valence-corrected chi connectivity index (χ2v) is 11.8. The summed E-state index contributed by atoms with van der Waals surface area (Å²) in [6, 6.07) is 24.1. The van der Waals surface area contributed by atoms with E-state index in [4.69, 9.17) is 46.4 Å². The normalized spacial score (nSPS) is 11.2. The van der Waals surface area contributed by atoms with Crippen molar-refractivity contribution in [2.45, 2.75) is 9.79 Å². The molecule has 0 radical (unpaired) electrons. The van der Waals surface area contributed by atoms with Crippen LogP contribution in [0.3, 0.4) is 0 Å². The Morgan fingerprint density at radius 3 is 1.40 bits per heavy atom. The van der Waals surface area contributed by atoms with Gasteiger partial charge in [-0.25, -0.2) is 10.9 Å². The number of carbonyl (C=O) groups excluding carboxylic acids is 2. The third-order valence-electron chi connectivity index (χ3n) is 5.15. The maximum Gasteiger partial charge on any atom is 0.272 e. The van der Waals surface area contributed by atoms with Gasteiger partial charge in [0.1, 0.15) is 0 Å². The zero-order valence-corrected chi connectivity index (χ0v) is 24.9. The molecule has 0 unspecified atom stereocenters. The molecule has 0 saturated heterocycles. The van der Waals surface area contributed by atoms with Gasteiger partial charge in [0, 0.05) is 31.0 Å². The van der Waals surface area contributed by atoms with Gasteiger partial charge in [-0.05, 0) is 48.5 Å². The second-order valence-electron chi connectivity index (χ2n) is 7.89. The Labute approximate surface area is 258 Å². The fourth-order valence-electron chi connectivity index (χ4n) is 3.20. The van der Waals surface area contributed by atoms with Crippen LogP contribution in [-0.4, -0.2) is 24.2 Å². The van der Waals surface area contributed by atoms with Gasteiger partial charge >= 0.3 is 0 Å². The quantitative estimate of drug-likeness (QED) is 0.108. The van der Waals surface area contributed by atoms with Gasteiger partial charge in [-0.3, -0.25) is 9.59 Å². The molecule has 0 atom stereocenters. The highest BCUT2D eigenvalue weighted by atomic mass is 35.5. The molecule has 0 heterocycles. The summed E-state index contributed by atoms with van der Waals surface area (Å²) in [7, 11) is 2.68. The molecule has 40 heavy (non-hydrogen) atoms. The number of carbonyl (C=O) groups is 2. The van der Waals surface area contributed by atoms with E-state index in [0.717, 1.165) is 0 Å². The Kier molecular flexibility index (Phi) is 10.9. The highest BCUT2D eigenvalue weighted by molar-refractivity contribution is 8.76. The summed E-state index contributed by atoms with van der Waals surface area (Å²) in [4.78, 5) is 27.1. The first-order chi connectivity index (χ1) is 19.3. The number of amides is 2. The highest BCUT2D eigenvalue weighted by Crippen LogP contribution is 2.40. The number of hydrazone groups is 2. The summed E-state index contributed by atoms with van der Waals surface area (Å²) >= 11 is 24.1. The molecule has 2 N–H and O–H groups in total. The predicted molar refractivity (Wildman–Crippen MR) is 168 cm³/mol. The minimum absolute atomic E-state index is 0.397. The van der Waals surface area contributed by atoms with E-state index in [1.165, 1.54) is 34.0 Å². The molecule has 202 valence electrons. The number of nitrogens with zero attached hydrogens (tertiary/aromatic N) is 2. The van der Waals surface area contributed by atoms with Crippen molar-refractivity contribution in [1.29, 1.82) is 0 Å². The minimum Gasteiger partial charge on any atom is -0.267 e. The maximum absolute atomic E-state index is 12.9. The Bertz CT molecular complexity index is 1500. The molecule has 0 saturated carbocycles. The van der Waals surface area contributed by atoms with Gasteiger partial charge in [-0.15, -0.1) is 0 Å². The lowest BCUT2D eigenvalue weighted by Gasteiger charge is -2.10. The SMILES string of the molecule is O=C(N/N=C\c1ccc(Cl)cc1Cl)c1ccccc1SSc1ccccc1C(=O)N/N=C\c1ccc(Cl)cc1Cl. The van der Waals surface area contributed by atoms with Crippen LogP contribution in [0.1, 0.15) is 31.8 Å². The average molecular weight is 648 g/mol. The van der Waals surface area contributed by atoms with E-state index >= 15 is 0 Å². The number of hydrogen-bond acceptors (Lipinski definition) is 6. The lowest BCUT2D eigenvalue weighted by atomic mass is 10.2. The number of hydrogen-bond donors (Lipinski definition) is 2. The molecule has 12 heteroatoms. The standard InChI is InChI=1S/C28H18Cl4N4O2S2/c29-19-11-9-17(23(31)13-19)15-33-35-27(37)21-5-1-3-7-25(21)39-40-26-8-4-2-6-22(26)28(38)36-34-16-18-10-12-20(30)14-24(18)32/h1-16H,(H,35,37)(H,36,38)/b33-15-,34-16-. The summed E-state index contributed by atoms with van der Waals surface area (Å²) in [5, 5.41) is 9.87. The summed E-state index contributed by atoms with van der Waals surface area (Å²) in [5.41, 5.74) is 7.11. The molecule has 0 aliphatic carbocycles. The van der Waals surface area contributed by atoms with Gasteiger partial charge in [-0.2, -0.15) is 10.2 Å². The van der Waals surface area contributed by atoms with Gasteiger partial charge in [0.05, 0.1) is 33.6 Å². The molecule has 0 aliphatic rings. The van der Waals surface area contributed by atoms with Crippen LogP contribution in [0.2, 0.25) is 20.1 Å². The van der Waals surface area contributed by atoms with Crippen molar-refractivity contribution in [3.05, 3.63) is 127 Å². The van der Waals surface area contributed by atoms with Gasteiger partial charge in [0.25, 0.3) is 11.8 Å². The topological polar surface area (TPSA) is 82.9 Å². The summed E-state index contributed by atoms with van der Waals surface area (Å²) in [6.07, 6.45) is 2.89. The second kappa shape index (κ2) is 14.6. The van der Waals surface area contributed by atoms with Crippen molar-refractivity contribution in [3.8, 4) is 0 Å². The van der Waals surface area contributed by atoms with Gasteiger partial charge in [-0.1, -0.05) is 104 Å². The molecular weight excluding hydrogens is 630 g/mol. The Morgan fingerprint density at radius 1 is 0.600 bits per heavy atom. The molecule has 4 aromatic rings. The van der Waals surface area contributed by atoms with E-state index < -0.39 is 11.8 Å². The van der Waals surface area contributed by atoms with Crippen LogP contribution in [0.15, 0.2) is 105 Å². The molecule has 2 amide bonds. The molecular formula is C28H18Cl4N4O2S2. The van der Waals surface area contributed by atoms with Crippen molar-refractivity contribution >= 4 is 92.2 Å². The molecule has 0 spiro atoms. The van der Waals surface area contributed by atoms with Crippen LogP contribution in [0.5, 0.6) is 0 Å². The fourth-order valence-corrected chi connectivity index (χ4v) is 6.47. The zero-order valence-electron chi connectivity index (χ0n) is 20.3. The zero-order chi connectivity index (χ0) is 28.5. The summed E-state index contributed by atoms with van der Waals surface area (Å²) in [5.74, 6) is -0.794. The maximum atomic E-state index is 12.9. The molecule has 0 aliphatic heterocycles. The first-order valence-electron chi connectivity index (χ1n) is 11.4. The van der Waals surface area contributed by atoms with Crippen LogP contribution in [0, 0.1) is 0 Å². The van der Waals surface area contributed by atoms with Gasteiger partial charge in [0.2, 0.25) is 0 Å². The number of rotatable bonds is 9. The van der Waals surface area contributed by atoms with Crippen LogP contribution in [-0.2, 0) is 0 Å². The van der Waals surface area contributed by atoms with Crippen molar-refractivity contribution in [1.82, 2.24) is 10.9 Å². The Balaban J connectivity index is 1.41. The largest absolute Gasteiger partial charge is 0.272 e. The summed E-state index contributed by atoms with van der Waals surface area (Å²) < 4.78 is 0. The lowest BCUT2D eigenvalue weighted by molar-refractivity contribution is 0.0944. The predicted octanol–water partition coefficient (Wildman–Crippen LogP) is 8.63. The average Bonchev–Trinajstić information content (AvgIpc) is 2.94. The van der Waals surface area contributed by atoms with Crippen molar-refractivity contribution < 1.29 is 9.59 Å². The molecule has 0 bridgehead atoms. The highest BCUT2D eigenvalue weighted by Gasteiger charge is 2.15. The van der Waals surface area contributed by atoms with Crippen LogP contribution in [0.4, 0.5) is 0 Å². The van der Waals surface area contributed by atoms with Crippen LogP contribution in [0.25, 0.3) is 0 Å². The van der Waals surface area contributed by atoms with E-state index in [1.807, 2.05) is 24.3 Å². The third kappa shape index (κ3) is 8.27. The van der Waals surface area contributed by atoms with Crippen molar-refractivity contribution in [3.63, 3.8) is 0 Å². The van der Waals surface area contributed by atoms with Crippen LogP contribution >= 0.6 is 68.0 Å². The summed E-state index contributed by atoms with van der Waals surface area (Å²) in [6.45, 7) is 0.